The van der Waals surface area contributed by atoms with Crippen LogP contribution in [0.2, 0.25) is 10.0 Å². The van der Waals surface area contributed by atoms with Gasteiger partial charge in [-0.2, -0.15) is 0 Å². The largest absolute Gasteiger partial charge is 0.309 e. The monoisotopic (exact) mass is 416 g/mol. The molecule has 1 aliphatic heterocycles. The zero-order valence-electron chi connectivity index (χ0n) is 15.5. The van der Waals surface area contributed by atoms with Crippen molar-refractivity contribution in [3.05, 3.63) is 63.7 Å². The van der Waals surface area contributed by atoms with Gasteiger partial charge >= 0.3 is 0 Å². The molecular formula is C21H22Cl2N4O. The van der Waals surface area contributed by atoms with Crippen LogP contribution in [0.25, 0.3) is 11.0 Å². The van der Waals surface area contributed by atoms with E-state index in [1.54, 1.807) is 22.8 Å². The van der Waals surface area contributed by atoms with Gasteiger partial charge in [0.05, 0.1) is 27.6 Å². The molecule has 1 N–H and O–H groups in total. The van der Waals surface area contributed by atoms with Crippen LogP contribution < -0.4 is 5.62 Å². The van der Waals surface area contributed by atoms with Crippen LogP contribution >= 0.6 is 23.2 Å². The average Bonchev–Trinajstić information content (AvgIpc) is 3.30. The molecule has 2 aromatic carbocycles. The number of nitrogens with zero attached hydrogens (tertiary/aromatic N) is 3. The van der Waals surface area contributed by atoms with Crippen molar-refractivity contribution in [3.8, 4) is 0 Å². The third-order valence-corrected chi connectivity index (χ3v) is 6.10. The number of nitrogens with one attached hydrogen (secondary N) is 1. The van der Waals surface area contributed by atoms with Gasteiger partial charge in [0.1, 0.15) is 0 Å². The number of hydrogen-bond donors (Lipinski definition) is 1. The summed E-state index contributed by atoms with van der Waals surface area (Å²) in [7, 11) is 0. The zero-order chi connectivity index (χ0) is 19.7. The molecule has 0 bridgehead atoms. The molecule has 0 atom stereocenters. The number of carbonyl (C=O) groups excluding carboxylic acids is 1. The van der Waals surface area contributed by atoms with Crippen LogP contribution in [-0.4, -0.2) is 39.5 Å². The van der Waals surface area contributed by atoms with Gasteiger partial charge in [-0.05, 0) is 56.3 Å². The Labute approximate surface area is 173 Å². The number of para-hydroxylation sites is 2. The number of rotatable bonds is 6. The predicted octanol–water partition coefficient (Wildman–Crippen LogP) is 4.21. The molecule has 1 aromatic heterocycles. The molecule has 0 unspecified atom stereocenters. The number of benzene rings is 2. The van der Waals surface area contributed by atoms with Crippen LogP contribution in [0.1, 0.15) is 23.2 Å². The molecule has 0 saturated carbocycles. The standard InChI is InChI=1S/C21H22Cl2N4O/c22-16-8-7-15(13-17(16)23)20(28)14-27-19-6-2-1-5-18(19)26(21(27)24)12-11-25-9-3-4-10-25/h1-2,5-8,13,24H,3-4,9-12,14H2. The van der Waals surface area contributed by atoms with Crippen molar-refractivity contribution in [3.63, 3.8) is 0 Å². The lowest BCUT2D eigenvalue weighted by molar-refractivity contribution is 0.0971. The van der Waals surface area contributed by atoms with Crippen LogP contribution in [0.4, 0.5) is 0 Å². The van der Waals surface area contributed by atoms with Crippen molar-refractivity contribution >= 4 is 40.0 Å². The van der Waals surface area contributed by atoms with Gasteiger partial charge in [0, 0.05) is 18.7 Å². The first-order valence-electron chi connectivity index (χ1n) is 9.48. The molecule has 1 saturated heterocycles. The van der Waals surface area contributed by atoms with E-state index in [1.165, 1.54) is 12.8 Å². The number of fused-ring (bicyclic) bond motifs is 1. The van der Waals surface area contributed by atoms with Gasteiger partial charge in [-0.3, -0.25) is 10.2 Å². The molecule has 5 nitrogen and oxygen atoms in total. The zero-order valence-corrected chi connectivity index (χ0v) is 17.0. The van der Waals surface area contributed by atoms with E-state index in [0.717, 1.165) is 37.2 Å². The molecule has 3 aromatic rings. The first-order valence-corrected chi connectivity index (χ1v) is 10.2. The molecule has 28 heavy (non-hydrogen) atoms. The maximum absolute atomic E-state index is 12.8. The Kier molecular flexibility index (Phi) is 5.58. The van der Waals surface area contributed by atoms with Gasteiger partial charge in [0.25, 0.3) is 0 Å². The quantitative estimate of drug-likeness (QED) is 0.611. The highest BCUT2D eigenvalue weighted by Crippen LogP contribution is 2.23. The fraction of sp³-hybridized carbons (Fsp3) is 0.333. The maximum Gasteiger partial charge on any atom is 0.203 e. The van der Waals surface area contributed by atoms with Gasteiger partial charge in [-0.15, -0.1) is 0 Å². The summed E-state index contributed by atoms with van der Waals surface area (Å²) in [6.45, 7) is 4.01. The molecule has 4 rings (SSSR count). The molecule has 0 spiro atoms. The van der Waals surface area contributed by atoms with Crippen molar-refractivity contribution < 1.29 is 4.79 Å². The van der Waals surface area contributed by atoms with Crippen molar-refractivity contribution in [1.29, 1.82) is 5.41 Å². The van der Waals surface area contributed by atoms with E-state index in [9.17, 15) is 4.79 Å². The second kappa shape index (κ2) is 8.11. The normalized spacial score (nSPS) is 14.8. The lowest BCUT2D eigenvalue weighted by Gasteiger charge is -2.15. The van der Waals surface area contributed by atoms with Crippen molar-refractivity contribution in [2.75, 3.05) is 19.6 Å². The summed E-state index contributed by atoms with van der Waals surface area (Å²) in [5, 5.41) is 9.47. The number of Topliss-reactive ketones (excluding diaryl/α,β-unsaturated/α-hetero) is 1. The summed E-state index contributed by atoms with van der Waals surface area (Å²) >= 11 is 12.0. The Morgan fingerprint density at radius 1 is 0.929 bits per heavy atom. The molecule has 2 heterocycles. The van der Waals surface area contributed by atoms with E-state index in [0.29, 0.717) is 21.2 Å². The SMILES string of the molecule is N=c1n(CCN2CCCC2)c2ccccc2n1CC(=O)c1ccc(Cl)c(Cl)c1. The summed E-state index contributed by atoms with van der Waals surface area (Å²) < 4.78 is 3.76. The Balaban J connectivity index is 1.64. The Morgan fingerprint density at radius 3 is 2.29 bits per heavy atom. The summed E-state index contributed by atoms with van der Waals surface area (Å²) in [4.78, 5) is 15.3. The number of ketones is 1. The highest BCUT2D eigenvalue weighted by Gasteiger charge is 2.17. The Hall–Kier alpha value is -2.08. The molecule has 146 valence electrons. The van der Waals surface area contributed by atoms with Crippen LogP contribution in [0.5, 0.6) is 0 Å². The molecular weight excluding hydrogens is 395 g/mol. The number of halogens is 2. The Morgan fingerprint density at radius 2 is 1.61 bits per heavy atom. The van der Waals surface area contributed by atoms with Crippen molar-refractivity contribution in [2.45, 2.75) is 25.9 Å². The summed E-state index contributed by atoms with van der Waals surface area (Å²) in [6.07, 6.45) is 2.50. The average molecular weight is 417 g/mol. The number of likely N-dealkylation sites (tertiary alicyclic amines) is 1. The topological polar surface area (TPSA) is 54.0 Å². The highest BCUT2D eigenvalue weighted by molar-refractivity contribution is 6.42. The summed E-state index contributed by atoms with van der Waals surface area (Å²) in [5.41, 5.74) is 2.71. The van der Waals surface area contributed by atoms with Gasteiger partial charge in [-0.1, -0.05) is 35.3 Å². The first-order chi connectivity index (χ1) is 13.5. The smallest absolute Gasteiger partial charge is 0.203 e. The fourth-order valence-electron chi connectivity index (χ4n) is 3.83. The first kappa shape index (κ1) is 19.2. The van der Waals surface area contributed by atoms with Crippen LogP contribution in [0.15, 0.2) is 42.5 Å². The maximum atomic E-state index is 12.8. The lowest BCUT2D eigenvalue weighted by Crippen LogP contribution is -2.31. The van der Waals surface area contributed by atoms with Gasteiger partial charge in [-0.25, -0.2) is 0 Å². The van der Waals surface area contributed by atoms with E-state index in [2.05, 4.69) is 4.90 Å². The van der Waals surface area contributed by atoms with Crippen molar-refractivity contribution in [2.24, 2.45) is 0 Å². The molecule has 0 aliphatic carbocycles. The molecule has 1 fully saturated rings. The number of aromatic nitrogens is 2. The third-order valence-electron chi connectivity index (χ3n) is 5.36. The van der Waals surface area contributed by atoms with E-state index in [4.69, 9.17) is 28.6 Å². The second-order valence-electron chi connectivity index (χ2n) is 7.15. The molecule has 7 heteroatoms. The summed E-state index contributed by atoms with van der Waals surface area (Å²) in [6, 6.07) is 12.8. The van der Waals surface area contributed by atoms with Gasteiger partial charge in [0.15, 0.2) is 5.78 Å². The van der Waals surface area contributed by atoms with Crippen LogP contribution in [-0.2, 0) is 13.1 Å². The number of carbonyl (C=O) groups is 1. The van der Waals surface area contributed by atoms with Crippen LogP contribution in [0.3, 0.4) is 0 Å². The molecule has 0 amide bonds. The minimum absolute atomic E-state index is 0.0913. The van der Waals surface area contributed by atoms with E-state index >= 15 is 0 Å². The van der Waals surface area contributed by atoms with Crippen LogP contribution in [0, 0.1) is 5.41 Å². The summed E-state index contributed by atoms with van der Waals surface area (Å²) in [5.74, 6) is -0.0977. The third kappa shape index (κ3) is 3.75. The minimum atomic E-state index is -0.0977. The molecule has 1 aliphatic rings. The lowest BCUT2D eigenvalue weighted by atomic mass is 10.1. The van der Waals surface area contributed by atoms with Crippen molar-refractivity contribution in [1.82, 2.24) is 14.0 Å². The number of hydrogen-bond acceptors (Lipinski definition) is 3. The minimum Gasteiger partial charge on any atom is -0.309 e. The molecule has 0 radical (unpaired) electrons. The highest BCUT2D eigenvalue weighted by atomic mass is 35.5. The van der Waals surface area contributed by atoms with E-state index in [-0.39, 0.29) is 12.3 Å². The fourth-order valence-corrected chi connectivity index (χ4v) is 4.13. The van der Waals surface area contributed by atoms with E-state index in [1.807, 2.05) is 28.8 Å². The second-order valence-corrected chi connectivity index (χ2v) is 7.97. The number of imidazole rings is 1. The Bertz CT molecular complexity index is 1080. The van der Waals surface area contributed by atoms with Gasteiger partial charge < -0.3 is 14.0 Å². The van der Waals surface area contributed by atoms with Gasteiger partial charge in [0.2, 0.25) is 5.62 Å². The van der Waals surface area contributed by atoms with E-state index < -0.39 is 0 Å². The predicted molar refractivity (Wildman–Crippen MR) is 112 cm³/mol.